The summed E-state index contributed by atoms with van der Waals surface area (Å²) in [6, 6.07) is 10.7. The van der Waals surface area contributed by atoms with E-state index in [0.29, 0.717) is 22.6 Å². The Morgan fingerprint density at radius 1 is 0.974 bits per heavy atom. The maximum atomic E-state index is 13.0. The first-order valence-corrected chi connectivity index (χ1v) is 13.5. The SMILES string of the molecule is CCC(Sc1cccc(NC(=O)c2c(Cl)c(Cl)c(Cl)c(Cl)c2C(=O)O)c1)C(=O)Nc1cc([N+](=O)[O-])ccc1C. The standard InChI is InChI=1S/C25H19Cl4N3O6S/c1-3-16(23(33)31-15-10-13(32(37)38)8-7-11(15)2)39-14-6-4-5-12(9-14)30-24(34)17-18(25(35)36)20(27)22(29)21(28)19(17)26/h4-10,16H,3H2,1-2H3,(H,30,34)(H,31,33)(H,35,36). The summed E-state index contributed by atoms with van der Waals surface area (Å²) in [5.74, 6) is -2.76. The summed E-state index contributed by atoms with van der Waals surface area (Å²) < 4.78 is 0. The van der Waals surface area contributed by atoms with Gasteiger partial charge in [-0.2, -0.15) is 0 Å². The van der Waals surface area contributed by atoms with Gasteiger partial charge in [-0.25, -0.2) is 4.79 Å². The van der Waals surface area contributed by atoms with Crippen LogP contribution in [0, 0.1) is 17.0 Å². The molecule has 3 aromatic carbocycles. The molecule has 14 heteroatoms. The van der Waals surface area contributed by atoms with Crippen LogP contribution in [0.4, 0.5) is 17.1 Å². The second-order valence-corrected chi connectivity index (χ2v) is 10.8. The van der Waals surface area contributed by atoms with Gasteiger partial charge >= 0.3 is 5.97 Å². The number of benzene rings is 3. The van der Waals surface area contributed by atoms with Crippen LogP contribution in [0.25, 0.3) is 0 Å². The van der Waals surface area contributed by atoms with Crippen molar-refractivity contribution >= 4 is 93.0 Å². The van der Waals surface area contributed by atoms with Gasteiger partial charge in [0.2, 0.25) is 5.91 Å². The minimum atomic E-state index is -1.52. The second-order valence-electron chi connectivity index (χ2n) is 8.05. The van der Waals surface area contributed by atoms with Crippen LogP contribution in [0.15, 0.2) is 47.4 Å². The molecule has 3 N–H and O–H groups in total. The van der Waals surface area contributed by atoms with Crippen LogP contribution < -0.4 is 10.6 Å². The molecule has 0 radical (unpaired) electrons. The fourth-order valence-corrected chi connectivity index (χ4v) is 5.48. The lowest BCUT2D eigenvalue weighted by Gasteiger charge is -2.17. The van der Waals surface area contributed by atoms with Gasteiger partial charge in [0.1, 0.15) is 0 Å². The Labute approximate surface area is 246 Å². The number of aromatic carboxylic acids is 1. The highest BCUT2D eigenvalue weighted by atomic mass is 35.5. The van der Waals surface area contributed by atoms with E-state index in [4.69, 9.17) is 46.4 Å². The molecule has 2 amide bonds. The van der Waals surface area contributed by atoms with Crippen LogP contribution in [-0.2, 0) is 4.79 Å². The van der Waals surface area contributed by atoms with Crippen LogP contribution in [0.3, 0.4) is 0 Å². The Morgan fingerprint density at radius 3 is 2.21 bits per heavy atom. The topological polar surface area (TPSA) is 139 Å². The molecule has 0 saturated carbocycles. The number of hydrogen-bond acceptors (Lipinski definition) is 6. The predicted molar refractivity (Wildman–Crippen MR) is 154 cm³/mol. The van der Waals surface area contributed by atoms with Gasteiger partial charge in [0.05, 0.1) is 47.1 Å². The van der Waals surface area contributed by atoms with E-state index < -0.39 is 38.2 Å². The molecule has 3 rings (SSSR count). The third-order valence-electron chi connectivity index (χ3n) is 5.43. The van der Waals surface area contributed by atoms with Gasteiger partial charge in [0.25, 0.3) is 11.6 Å². The molecule has 0 spiro atoms. The highest BCUT2D eigenvalue weighted by molar-refractivity contribution is 8.00. The monoisotopic (exact) mass is 629 g/mol. The van der Waals surface area contributed by atoms with Gasteiger partial charge in [-0.1, -0.05) is 65.5 Å². The van der Waals surface area contributed by atoms with E-state index >= 15 is 0 Å². The number of nitrogens with zero attached hydrogens (tertiary/aromatic N) is 1. The summed E-state index contributed by atoms with van der Waals surface area (Å²) in [6.45, 7) is 3.54. The summed E-state index contributed by atoms with van der Waals surface area (Å²) in [5.41, 5.74) is 0.0813. The molecule has 9 nitrogen and oxygen atoms in total. The van der Waals surface area contributed by atoms with Crippen molar-refractivity contribution in [3.8, 4) is 0 Å². The molecule has 0 aromatic heterocycles. The number of amides is 2. The first-order valence-electron chi connectivity index (χ1n) is 11.1. The average Bonchev–Trinajstić information content (AvgIpc) is 2.88. The van der Waals surface area contributed by atoms with E-state index in [1.807, 2.05) is 6.92 Å². The Bertz CT molecular complexity index is 1500. The molecule has 0 bridgehead atoms. The zero-order valence-electron chi connectivity index (χ0n) is 20.2. The van der Waals surface area contributed by atoms with Crippen LogP contribution >= 0.6 is 58.2 Å². The van der Waals surface area contributed by atoms with Crippen LogP contribution in [0.2, 0.25) is 20.1 Å². The Hall–Kier alpha value is -3.02. The molecule has 3 aromatic rings. The first-order chi connectivity index (χ1) is 18.3. The number of non-ortho nitro benzene ring substituents is 1. The van der Waals surface area contributed by atoms with Gasteiger partial charge in [0, 0.05) is 22.7 Å². The van der Waals surface area contributed by atoms with Crippen molar-refractivity contribution in [2.75, 3.05) is 10.6 Å². The molecule has 39 heavy (non-hydrogen) atoms. The van der Waals surface area contributed by atoms with Crippen molar-refractivity contribution in [1.82, 2.24) is 0 Å². The number of carbonyl (C=O) groups excluding carboxylic acids is 2. The van der Waals surface area contributed by atoms with E-state index in [1.54, 1.807) is 37.3 Å². The van der Waals surface area contributed by atoms with E-state index in [-0.39, 0.29) is 32.3 Å². The lowest BCUT2D eigenvalue weighted by atomic mass is 10.1. The van der Waals surface area contributed by atoms with E-state index in [0.717, 1.165) is 0 Å². The fourth-order valence-electron chi connectivity index (χ4n) is 3.44. The number of nitro groups is 1. The van der Waals surface area contributed by atoms with Crippen molar-refractivity contribution in [2.45, 2.75) is 30.4 Å². The lowest BCUT2D eigenvalue weighted by molar-refractivity contribution is -0.384. The van der Waals surface area contributed by atoms with Crippen molar-refractivity contribution in [2.24, 2.45) is 0 Å². The number of rotatable bonds is 9. The van der Waals surface area contributed by atoms with Crippen LogP contribution in [0.5, 0.6) is 0 Å². The second kappa shape index (κ2) is 12.9. The maximum absolute atomic E-state index is 13.0. The van der Waals surface area contributed by atoms with Gasteiger partial charge in [-0.3, -0.25) is 19.7 Å². The molecular weight excluding hydrogens is 612 g/mol. The molecule has 0 aliphatic carbocycles. The zero-order chi connectivity index (χ0) is 29.0. The number of thioether (sulfide) groups is 1. The quantitative estimate of drug-likeness (QED) is 0.0716. The summed E-state index contributed by atoms with van der Waals surface area (Å²) in [4.78, 5) is 49.0. The van der Waals surface area contributed by atoms with Crippen LogP contribution in [-0.4, -0.2) is 33.1 Å². The van der Waals surface area contributed by atoms with Crippen molar-refractivity contribution in [1.29, 1.82) is 0 Å². The van der Waals surface area contributed by atoms with E-state index in [2.05, 4.69) is 10.6 Å². The van der Waals surface area contributed by atoms with Crippen molar-refractivity contribution < 1.29 is 24.4 Å². The zero-order valence-corrected chi connectivity index (χ0v) is 24.0. The van der Waals surface area contributed by atoms with E-state index in [9.17, 15) is 29.6 Å². The summed E-state index contributed by atoms with van der Waals surface area (Å²) in [6.07, 6.45) is 0.431. The summed E-state index contributed by atoms with van der Waals surface area (Å²) in [7, 11) is 0. The highest BCUT2D eigenvalue weighted by Gasteiger charge is 2.29. The Morgan fingerprint density at radius 2 is 1.62 bits per heavy atom. The number of nitro benzene ring substituents is 1. The summed E-state index contributed by atoms with van der Waals surface area (Å²) >= 11 is 25.4. The minimum absolute atomic E-state index is 0.144. The molecular formula is C25H19Cl4N3O6S. The van der Waals surface area contributed by atoms with Gasteiger partial charge in [0.15, 0.2) is 0 Å². The van der Waals surface area contributed by atoms with Gasteiger partial charge in [-0.15, -0.1) is 11.8 Å². The molecule has 1 atom stereocenters. The molecule has 0 heterocycles. The molecule has 0 saturated heterocycles. The average molecular weight is 631 g/mol. The Kier molecular flexibility index (Phi) is 10.1. The van der Waals surface area contributed by atoms with Gasteiger partial charge in [-0.05, 0) is 37.1 Å². The number of halogens is 4. The van der Waals surface area contributed by atoms with Crippen molar-refractivity contribution in [3.05, 3.63) is 89.4 Å². The lowest BCUT2D eigenvalue weighted by Crippen LogP contribution is -2.25. The molecule has 0 aliphatic heterocycles. The predicted octanol–water partition coefficient (Wildman–Crippen LogP) is 7.98. The molecule has 0 fully saturated rings. The fraction of sp³-hybridized carbons (Fsp3) is 0.160. The third-order valence-corrected chi connectivity index (χ3v) is 8.59. The molecule has 204 valence electrons. The van der Waals surface area contributed by atoms with Crippen molar-refractivity contribution in [3.63, 3.8) is 0 Å². The number of anilines is 2. The first kappa shape index (κ1) is 30.5. The number of nitrogens with one attached hydrogen (secondary N) is 2. The van der Waals surface area contributed by atoms with Crippen LogP contribution in [0.1, 0.15) is 39.6 Å². The number of carboxylic acids is 1. The smallest absolute Gasteiger partial charge is 0.338 e. The van der Waals surface area contributed by atoms with Gasteiger partial charge < -0.3 is 15.7 Å². The normalized spacial score (nSPS) is 11.5. The number of hydrogen-bond donors (Lipinski definition) is 3. The number of carboxylic acid groups (broad SMARTS) is 1. The summed E-state index contributed by atoms with van der Waals surface area (Å²) in [5, 5.41) is 24.1. The maximum Gasteiger partial charge on any atom is 0.338 e. The Balaban J connectivity index is 1.82. The highest BCUT2D eigenvalue weighted by Crippen LogP contribution is 2.42. The molecule has 1 unspecified atom stereocenters. The molecule has 0 aliphatic rings. The number of aryl methyl sites for hydroxylation is 1. The largest absolute Gasteiger partial charge is 0.478 e. The number of carbonyl (C=O) groups is 3. The van der Waals surface area contributed by atoms with E-state index in [1.165, 1.54) is 23.9 Å². The third kappa shape index (κ3) is 6.95. The minimum Gasteiger partial charge on any atom is -0.478 e.